The first-order valence-electron chi connectivity index (χ1n) is 11.1. The van der Waals surface area contributed by atoms with Gasteiger partial charge in [-0.05, 0) is 52.1 Å². The third kappa shape index (κ3) is 8.99. The maximum atomic E-state index is 10.8. The van der Waals surface area contributed by atoms with E-state index in [0.717, 1.165) is 43.3 Å². The van der Waals surface area contributed by atoms with Crippen molar-refractivity contribution in [3.63, 3.8) is 0 Å². The molecule has 2 aromatic rings. The zero-order chi connectivity index (χ0) is 22.7. The van der Waals surface area contributed by atoms with E-state index in [1.165, 1.54) is 0 Å². The predicted molar refractivity (Wildman–Crippen MR) is 141 cm³/mol. The average Bonchev–Trinajstić information content (AvgIpc) is 3.21. The van der Waals surface area contributed by atoms with Crippen LogP contribution in [0.2, 0.25) is 0 Å². The number of para-hydroxylation sites is 1. The van der Waals surface area contributed by atoms with Crippen LogP contribution in [0.3, 0.4) is 0 Å². The van der Waals surface area contributed by atoms with E-state index < -0.39 is 5.60 Å². The van der Waals surface area contributed by atoms with Crippen LogP contribution in [0.15, 0.2) is 45.8 Å². The Hall–Kier alpha value is -1.78. The number of nitrogens with zero attached hydrogens (tertiary/aromatic N) is 2. The molecule has 1 unspecified atom stereocenters. The number of furan rings is 1. The number of aryl methyl sites for hydroxylation is 1. The molecule has 0 bridgehead atoms. The summed E-state index contributed by atoms with van der Waals surface area (Å²) in [4.78, 5) is 7.02. The molecule has 1 atom stereocenters. The van der Waals surface area contributed by atoms with Gasteiger partial charge in [-0.1, -0.05) is 32.0 Å². The highest BCUT2D eigenvalue weighted by atomic mass is 127. The molecule has 0 spiro atoms. The minimum atomic E-state index is -1.14. The maximum absolute atomic E-state index is 10.8. The number of benzene rings is 1. The van der Waals surface area contributed by atoms with Crippen molar-refractivity contribution in [2.45, 2.75) is 46.8 Å². The molecule has 1 heterocycles. The minimum Gasteiger partial charge on any atom is -0.492 e. The van der Waals surface area contributed by atoms with Crippen LogP contribution in [-0.4, -0.2) is 55.3 Å². The average molecular weight is 559 g/mol. The molecule has 0 saturated heterocycles. The number of aliphatic hydroxyl groups is 1. The summed E-state index contributed by atoms with van der Waals surface area (Å²) >= 11 is 0. The maximum Gasteiger partial charge on any atom is 0.191 e. The molecule has 0 aliphatic rings. The molecule has 8 heteroatoms. The van der Waals surface area contributed by atoms with Crippen LogP contribution in [0.25, 0.3) is 0 Å². The zero-order valence-corrected chi connectivity index (χ0v) is 22.3. The van der Waals surface area contributed by atoms with E-state index in [0.29, 0.717) is 24.9 Å². The Morgan fingerprint density at radius 1 is 1.12 bits per heavy atom. The number of halogens is 1. The van der Waals surface area contributed by atoms with Gasteiger partial charge in [-0.3, -0.25) is 0 Å². The molecule has 2 rings (SSSR count). The number of rotatable bonds is 12. The van der Waals surface area contributed by atoms with E-state index in [1.54, 1.807) is 13.0 Å². The van der Waals surface area contributed by atoms with Crippen molar-refractivity contribution in [2.24, 2.45) is 4.99 Å². The number of nitrogens with one attached hydrogen (secondary N) is 2. The van der Waals surface area contributed by atoms with E-state index in [9.17, 15) is 5.11 Å². The van der Waals surface area contributed by atoms with Crippen LogP contribution in [0.4, 0.5) is 0 Å². The molecule has 0 aliphatic heterocycles. The molecule has 3 N–H and O–H groups in total. The Labute approximate surface area is 209 Å². The van der Waals surface area contributed by atoms with Gasteiger partial charge < -0.3 is 29.8 Å². The Morgan fingerprint density at radius 3 is 2.47 bits per heavy atom. The molecule has 0 saturated carbocycles. The molecule has 32 heavy (non-hydrogen) atoms. The van der Waals surface area contributed by atoms with Crippen LogP contribution in [0.1, 0.15) is 44.8 Å². The second-order valence-corrected chi connectivity index (χ2v) is 7.72. The Bertz CT molecular complexity index is 819. The van der Waals surface area contributed by atoms with Gasteiger partial charge in [0.2, 0.25) is 0 Å². The molecular weight excluding hydrogens is 519 g/mol. The number of aliphatic imine (C=N–C) groups is 1. The number of likely N-dealkylation sites (N-methyl/N-ethyl adjacent to an activating group) is 1. The molecular formula is C24H39IN4O3. The molecule has 1 aromatic carbocycles. The molecule has 7 nitrogen and oxygen atoms in total. The molecule has 0 radical (unpaired) electrons. The van der Waals surface area contributed by atoms with Crippen LogP contribution < -0.4 is 15.4 Å². The van der Waals surface area contributed by atoms with Gasteiger partial charge in [-0.15, -0.1) is 24.0 Å². The van der Waals surface area contributed by atoms with Crippen molar-refractivity contribution < 1.29 is 14.3 Å². The lowest BCUT2D eigenvalue weighted by atomic mass is 10.0. The zero-order valence-electron chi connectivity index (χ0n) is 20.0. The topological polar surface area (TPSA) is 82.3 Å². The lowest BCUT2D eigenvalue weighted by Gasteiger charge is -2.23. The van der Waals surface area contributed by atoms with Crippen molar-refractivity contribution in [3.05, 3.63) is 53.5 Å². The van der Waals surface area contributed by atoms with E-state index in [4.69, 9.17) is 9.15 Å². The molecule has 0 fully saturated rings. The van der Waals surface area contributed by atoms with Gasteiger partial charge in [0.15, 0.2) is 5.96 Å². The summed E-state index contributed by atoms with van der Waals surface area (Å²) in [6.45, 7) is 15.0. The van der Waals surface area contributed by atoms with Gasteiger partial charge >= 0.3 is 0 Å². The summed E-state index contributed by atoms with van der Waals surface area (Å²) in [6.07, 6.45) is 0. The van der Waals surface area contributed by atoms with E-state index in [-0.39, 0.29) is 30.5 Å². The monoisotopic (exact) mass is 558 g/mol. The summed E-state index contributed by atoms with van der Waals surface area (Å²) in [5.74, 6) is 2.78. The number of hydrogen-bond acceptors (Lipinski definition) is 5. The van der Waals surface area contributed by atoms with Gasteiger partial charge in [-0.25, -0.2) is 4.99 Å². The first kappa shape index (κ1) is 28.3. The van der Waals surface area contributed by atoms with Gasteiger partial charge in [0.1, 0.15) is 29.5 Å². The third-order valence-corrected chi connectivity index (χ3v) is 5.16. The fraction of sp³-hybridized carbons (Fsp3) is 0.542. The smallest absolute Gasteiger partial charge is 0.191 e. The SMILES string of the molecule is CCNC(=NCc1ccccc1OCCN(CC)CC)NCC(C)(O)c1ccc(C)o1.I. The first-order valence-corrected chi connectivity index (χ1v) is 11.1. The van der Waals surface area contributed by atoms with Crippen molar-refractivity contribution in [1.29, 1.82) is 0 Å². The minimum absolute atomic E-state index is 0. The van der Waals surface area contributed by atoms with E-state index in [1.807, 2.05) is 44.2 Å². The quantitative estimate of drug-likeness (QED) is 0.209. The van der Waals surface area contributed by atoms with Gasteiger partial charge in [-0.2, -0.15) is 0 Å². The summed E-state index contributed by atoms with van der Waals surface area (Å²) in [5.41, 5.74) is -0.122. The number of ether oxygens (including phenoxy) is 1. The van der Waals surface area contributed by atoms with E-state index in [2.05, 4.69) is 34.4 Å². The summed E-state index contributed by atoms with van der Waals surface area (Å²) in [5, 5.41) is 17.2. The Kier molecular flexibility index (Phi) is 12.7. The van der Waals surface area contributed by atoms with E-state index >= 15 is 0 Å². The summed E-state index contributed by atoms with van der Waals surface area (Å²) in [7, 11) is 0. The summed E-state index contributed by atoms with van der Waals surface area (Å²) < 4.78 is 11.6. The van der Waals surface area contributed by atoms with Gasteiger partial charge in [0, 0.05) is 18.7 Å². The third-order valence-electron chi connectivity index (χ3n) is 5.16. The van der Waals surface area contributed by atoms with Crippen molar-refractivity contribution >= 4 is 29.9 Å². The first-order chi connectivity index (χ1) is 14.9. The molecule has 180 valence electrons. The predicted octanol–water partition coefficient (Wildman–Crippen LogP) is 3.89. The summed E-state index contributed by atoms with van der Waals surface area (Å²) in [6, 6.07) is 11.6. The van der Waals surface area contributed by atoms with Crippen molar-refractivity contribution in [1.82, 2.24) is 15.5 Å². The highest BCUT2D eigenvalue weighted by molar-refractivity contribution is 14.0. The van der Waals surface area contributed by atoms with Gasteiger partial charge in [0.25, 0.3) is 0 Å². The van der Waals surface area contributed by atoms with Crippen LogP contribution in [-0.2, 0) is 12.1 Å². The normalized spacial score (nSPS) is 13.4. The van der Waals surface area contributed by atoms with Crippen LogP contribution in [0.5, 0.6) is 5.75 Å². The van der Waals surface area contributed by atoms with Crippen molar-refractivity contribution in [3.8, 4) is 5.75 Å². The second-order valence-electron chi connectivity index (χ2n) is 7.72. The second kappa shape index (κ2) is 14.4. The van der Waals surface area contributed by atoms with Crippen LogP contribution >= 0.6 is 24.0 Å². The lowest BCUT2D eigenvalue weighted by Crippen LogP contribution is -2.44. The number of guanidine groups is 1. The molecule has 1 aromatic heterocycles. The Morgan fingerprint density at radius 2 is 1.84 bits per heavy atom. The number of hydrogen-bond donors (Lipinski definition) is 3. The molecule has 0 amide bonds. The van der Waals surface area contributed by atoms with Gasteiger partial charge in [0.05, 0.1) is 13.1 Å². The molecule has 0 aliphatic carbocycles. The fourth-order valence-electron chi connectivity index (χ4n) is 3.17. The lowest BCUT2D eigenvalue weighted by molar-refractivity contribution is 0.0378. The standard InChI is InChI=1S/C24H38N4O3.HI/c1-6-25-23(27-18-24(5,29)22-14-13-19(4)31-22)26-17-20-11-9-10-12-21(20)30-16-15-28(7-2)8-3;/h9-14,29H,6-8,15-18H2,1-5H3,(H2,25,26,27);1H. The fourth-order valence-corrected chi connectivity index (χ4v) is 3.17. The highest BCUT2D eigenvalue weighted by Gasteiger charge is 2.27. The van der Waals surface area contributed by atoms with Crippen molar-refractivity contribution in [2.75, 3.05) is 39.3 Å². The Balaban J connectivity index is 0.00000512. The highest BCUT2D eigenvalue weighted by Crippen LogP contribution is 2.22. The largest absolute Gasteiger partial charge is 0.492 e. The van der Waals surface area contributed by atoms with Crippen LogP contribution in [0, 0.1) is 6.92 Å².